The first kappa shape index (κ1) is 12.6. The Balaban J connectivity index is 1.94. The standard InChI is InChI=1S/C9H10ClN3O2S2/c10-8-2-3-9(16-8)17(14,15)12-5-7-13-6-1-4-11-13/h1-4,6,12H,5,7H2. The smallest absolute Gasteiger partial charge is 0.250 e. The summed E-state index contributed by atoms with van der Waals surface area (Å²) < 4.78 is 28.4. The molecular formula is C9H10ClN3O2S2. The van der Waals surface area contributed by atoms with Gasteiger partial charge in [0.15, 0.2) is 0 Å². The molecule has 0 radical (unpaired) electrons. The highest BCUT2D eigenvalue weighted by molar-refractivity contribution is 7.91. The lowest BCUT2D eigenvalue weighted by Crippen LogP contribution is -2.26. The number of halogens is 1. The Labute approximate surface area is 108 Å². The van der Waals surface area contributed by atoms with Crippen LogP contribution in [0.4, 0.5) is 0 Å². The Hall–Kier alpha value is -0.890. The largest absolute Gasteiger partial charge is 0.271 e. The molecule has 0 aliphatic heterocycles. The highest BCUT2D eigenvalue weighted by atomic mass is 35.5. The summed E-state index contributed by atoms with van der Waals surface area (Å²) in [6.07, 6.45) is 3.42. The number of rotatable bonds is 5. The molecule has 0 unspecified atom stereocenters. The van der Waals surface area contributed by atoms with E-state index in [1.807, 2.05) is 0 Å². The van der Waals surface area contributed by atoms with E-state index >= 15 is 0 Å². The Morgan fingerprint density at radius 1 is 1.47 bits per heavy atom. The zero-order chi connectivity index (χ0) is 12.3. The van der Waals surface area contributed by atoms with Crippen LogP contribution in [-0.2, 0) is 16.6 Å². The third kappa shape index (κ3) is 3.29. The minimum absolute atomic E-state index is 0.225. The van der Waals surface area contributed by atoms with Crippen molar-refractivity contribution in [1.29, 1.82) is 0 Å². The Morgan fingerprint density at radius 3 is 2.88 bits per heavy atom. The van der Waals surface area contributed by atoms with Crippen LogP contribution in [0, 0.1) is 0 Å². The van der Waals surface area contributed by atoms with E-state index in [1.54, 1.807) is 29.2 Å². The van der Waals surface area contributed by atoms with Gasteiger partial charge in [0.05, 0.1) is 10.9 Å². The van der Waals surface area contributed by atoms with Crippen LogP contribution < -0.4 is 4.72 Å². The van der Waals surface area contributed by atoms with Crippen molar-refractivity contribution in [1.82, 2.24) is 14.5 Å². The minimum Gasteiger partial charge on any atom is -0.271 e. The van der Waals surface area contributed by atoms with Gasteiger partial charge < -0.3 is 0 Å². The molecule has 0 spiro atoms. The maximum Gasteiger partial charge on any atom is 0.250 e. The van der Waals surface area contributed by atoms with E-state index in [0.29, 0.717) is 17.4 Å². The van der Waals surface area contributed by atoms with Crippen LogP contribution >= 0.6 is 22.9 Å². The maximum absolute atomic E-state index is 11.8. The van der Waals surface area contributed by atoms with E-state index in [4.69, 9.17) is 11.6 Å². The number of nitrogens with zero attached hydrogens (tertiary/aromatic N) is 2. The number of nitrogens with one attached hydrogen (secondary N) is 1. The Kier molecular flexibility index (Phi) is 3.82. The molecule has 0 saturated heterocycles. The molecular weight excluding hydrogens is 282 g/mol. The van der Waals surface area contributed by atoms with Gasteiger partial charge in [-0.3, -0.25) is 4.68 Å². The summed E-state index contributed by atoms with van der Waals surface area (Å²) in [6.45, 7) is 0.783. The molecule has 5 nitrogen and oxygen atoms in total. The van der Waals surface area contributed by atoms with Crippen molar-refractivity contribution < 1.29 is 8.42 Å². The van der Waals surface area contributed by atoms with Gasteiger partial charge >= 0.3 is 0 Å². The fourth-order valence-electron chi connectivity index (χ4n) is 1.24. The molecule has 8 heteroatoms. The Morgan fingerprint density at radius 2 is 2.29 bits per heavy atom. The second-order valence-electron chi connectivity index (χ2n) is 3.23. The van der Waals surface area contributed by atoms with Crippen LogP contribution in [0.1, 0.15) is 0 Å². The Bertz CT molecular complexity index is 577. The molecule has 0 aliphatic carbocycles. The van der Waals surface area contributed by atoms with Crippen LogP contribution in [-0.4, -0.2) is 24.7 Å². The molecule has 2 aromatic heterocycles. The molecule has 0 atom stereocenters. The van der Waals surface area contributed by atoms with E-state index in [0.717, 1.165) is 11.3 Å². The first-order valence-electron chi connectivity index (χ1n) is 4.80. The van der Waals surface area contributed by atoms with Crippen molar-refractivity contribution in [3.63, 3.8) is 0 Å². The van der Waals surface area contributed by atoms with Gasteiger partial charge in [-0.1, -0.05) is 11.6 Å². The summed E-state index contributed by atoms with van der Waals surface area (Å²) in [5.74, 6) is 0. The van der Waals surface area contributed by atoms with Gasteiger partial charge in [0.1, 0.15) is 4.21 Å². The molecule has 92 valence electrons. The van der Waals surface area contributed by atoms with E-state index in [-0.39, 0.29) is 4.21 Å². The van der Waals surface area contributed by atoms with Crippen molar-refractivity contribution >= 4 is 33.0 Å². The predicted molar refractivity (Wildman–Crippen MR) is 66.7 cm³/mol. The second kappa shape index (κ2) is 5.18. The lowest BCUT2D eigenvalue weighted by atomic mass is 10.6. The number of sulfonamides is 1. The molecule has 0 aromatic carbocycles. The fraction of sp³-hybridized carbons (Fsp3) is 0.222. The van der Waals surface area contributed by atoms with Crippen molar-refractivity contribution in [2.75, 3.05) is 6.54 Å². The molecule has 17 heavy (non-hydrogen) atoms. The van der Waals surface area contributed by atoms with Crippen LogP contribution in [0.25, 0.3) is 0 Å². The van der Waals surface area contributed by atoms with Gasteiger partial charge in [-0.05, 0) is 18.2 Å². The zero-order valence-electron chi connectivity index (χ0n) is 8.71. The fourth-order valence-corrected chi connectivity index (χ4v) is 3.79. The molecule has 1 N–H and O–H groups in total. The second-order valence-corrected chi connectivity index (χ2v) is 6.93. The summed E-state index contributed by atoms with van der Waals surface area (Å²) in [7, 11) is -3.45. The highest BCUT2D eigenvalue weighted by Crippen LogP contribution is 2.25. The van der Waals surface area contributed by atoms with Gasteiger partial charge in [-0.15, -0.1) is 11.3 Å². The van der Waals surface area contributed by atoms with E-state index in [1.165, 1.54) is 6.07 Å². The van der Waals surface area contributed by atoms with Crippen molar-refractivity contribution in [2.24, 2.45) is 0 Å². The number of hydrogen-bond acceptors (Lipinski definition) is 4. The van der Waals surface area contributed by atoms with Crippen molar-refractivity contribution in [3.05, 3.63) is 34.9 Å². The summed E-state index contributed by atoms with van der Waals surface area (Å²) in [6, 6.07) is 4.84. The maximum atomic E-state index is 11.8. The summed E-state index contributed by atoms with van der Waals surface area (Å²) in [5.41, 5.74) is 0. The first-order chi connectivity index (χ1) is 8.08. The van der Waals surface area contributed by atoms with Crippen molar-refractivity contribution in [3.8, 4) is 0 Å². The summed E-state index contributed by atoms with van der Waals surface area (Å²) >= 11 is 6.73. The molecule has 2 aromatic rings. The third-order valence-corrected chi connectivity index (χ3v) is 5.19. The van der Waals surface area contributed by atoms with Gasteiger partial charge in [-0.2, -0.15) is 5.10 Å². The number of thiophene rings is 1. The average molecular weight is 292 g/mol. The van der Waals surface area contributed by atoms with E-state index in [2.05, 4.69) is 9.82 Å². The molecule has 2 heterocycles. The summed E-state index contributed by atoms with van der Waals surface area (Å²) in [5, 5.41) is 3.98. The minimum atomic E-state index is -3.45. The average Bonchev–Trinajstić information content (AvgIpc) is 2.89. The van der Waals surface area contributed by atoms with Crippen LogP contribution in [0.3, 0.4) is 0 Å². The van der Waals surface area contributed by atoms with Gasteiger partial charge in [0, 0.05) is 18.9 Å². The predicted octanol–water partition coefficient (Wildman–Crippen LogP) is 1.58. The van der Waals surface area contributed by atoms with Crippen molar-refractivity contribution in [2.45, 2.75) is 10.8 Å². The third-order valence-electron chi connectivity index (χ3n) is 2.01. The number of hydrogen-bond donors (Lipinski definition) is 1. The number of aromatic nitrogens is 2. The lowest BCUT2D eigenvalue weighted by molar-refractivity contribution is 0.562. The molecule has 2 rings (SSSR count). The molecule has 0 bridgehead atoms. The quantitative estimate of drug-likeness (QED) is 0.909. The van der Waals surface area contributed by atoms with Gasteiger partial charge in [-0.25, -0.2) is 13.1 Å². The molecule has 0 saturated carbocycles. The van der Waals surface area contributed by atoms with Gasteiger partial charge in [0.25, 0.3) is 0 Å². The van der Waals surface area contributed by atoms with Crippen LogP contribution in [0.15, 0.2) is 34.8 Å². The van der Waals surface area contributed by atoms with Crippen LogP contribution in [0.2, 0.25) is 4.34 Å². The SMILES string of the molecule is O=S(=O)(NCCn1cccn1)c1ccc(Cl)s1. The lowest BCUT2D eigenvalue weighted by Gasteiger charge is -2.04. The molecule has 0 fully saturated rings. The highest BCUT2D eigenvalue weighted by Gasteiger charge is 2.15. The first-order valence-corrected chi connectivity index (χ1v) is 7.48. The zero-order valence-corrected chi connectivity index (χ0v) is 11.1. The molecule has 0 aliphatic rings. The molecule has 0 amide bonds. The summed E-state index contributed by atoms with van der Waals surface area (Å²) in [4.78, 5) is 0. The van der Waals surface area contributed by atoms with Crippen LogP contribution in [0.5, 0.6) is 0 Å². The van der Waals surface area contributed by atoms with Gasteiger partial charge in [0.2, 0.25) is 10.0 Å². The normalized spacial score (nSPS) is 11.8. The topological polar surface area (TPSA) is 64.0 Å². The van der Waals surface area contributed by atoms with E-state index < -0.39 is 10.0 Å². The monoisotopic (exact) mass is 291 g/mol. The van der Waals surface area contributed by atoms with E-state index in [9.17, 15) is 8.42 Å².